The lowest BCUT2D eigenvalue weighted by Gasteiger charge is -2.26. The normalized spacial score (nSPS) is 19.0. The second kappa shape index (κ2) is 8.01. The quantitative estimate of drug-likeness (QED) is 0.820. The lowest BCUT2D eigenvalue weighted by atomic mass is 10.0. The minimum Gasteiger partial charge on any atom is -0.490 e. The summed E-state index contributed by atoms with van der Waals surface area (Å²) in [7, 11) is 1.67. The van der Waals surface area contributed by atoms with Gasteiger partial charge in [0.05, 0.1) is 25.9 Å². The van der Waals surface area contributed by atoms with Crippen molar-refractivity contribution in [2.24, 2.45) is 0 Å². The third-order valence-electron chi connectivity index (χ3n) is 5.18. The molecule has 1 amide bonds. The van der Waals surface area contributed by atoms with Crippen molar-refractivity contribution in [1.29, 1.82) is 0 Å². The lowest BCUT2D eigenvalue weighted by molar-refractivity contribution is 0.0735. The van der Waals surface area contributed by atoms with Gasteiger partial charge in [0.1, 0.15) is 0 Å². The summed E-state index contributed by atoms with van der Waals surface area (Å²) >= 11 is 0. The Bertz CT molecular complexity index is 802. The zero-order valence-corrected chi connectivity index (χ0v) is 15.6. The van der Waals surface area contributed by atoms with Crippen molar-refractivity contribution >= 4 is 5.91 Å². The predicted molar refractivity (Wildman–Crippen MR) is 102 cm³/mol. The zero-order chi connectivity index (χ0) is 18.6. The number of amides is 1. The van der Waals surface area contributed by atoms with Crippen molar-refractivity contribution in [3.63, 3.8) is 0 Å². The maximum Gasteiger partial charge on any atom is 0.254 e. The molecule has 0 spiro atoms. The standard InChI is InChI=1S/C22H25NO4/c1-25-15-16-5-7-17(8-6-16)22(24)23-11-2-4-19(23)18-9-10-20-21(14-18)27-13-3-12-26-20/h5-10,14,19H,2-4,11-13,15H2,1H3. The van der Waals surface area contributed by atoms with Crippen LogP contribution in [-0.4, -0.2) is 37.7 Å². The number of likely N-dealkylation sites (tertiary alicyclic amines) is 1. The van der Waals surface area contributed by atoms with Crippen LogP contribution in [0.15, 0.2) is 42.5 Å². The van der Waals surface area contributed by atoms with E-state index >= 15 is 0 Å². The SMILES string of the molecule is COCc1ccc(C(=O)N2CCCC2c2ccc3c(c2)OCCCO3)cc1. The van der Waals surface area contributed by atoms with Gasteiger partial charge in [0, 0.05) is 25.6 Å². The molecule has 2 aromatic rings. The minimum absolute atomic E-state index is 0.0771. The number of carbonyl (C=O) groups is 1. The monoisotopic (exact) mass is 367 g/mol. The van der Waals surface area contributed by atoms with Gasteiger partial charge in [0.25, 0.3) is 5.91 Å². The van der Waals surface area contributed by atoms with E-state index in [0.717, 1.165) is 54.0 Å². The number of benzene rings is 2. The van der Waals surface area contributed by atoms with Crippen LogP contribution in [-0.2, 0) is 11.3 Å². The van der Waals surface area contributed by atoms with Gasteiger partial charge < -0.3 is 19.1 Å². The van der Waals surface area contributed by atoms with Crippen LogP contribution in [0.2, 0.25) is 0 Å². The van der Waals surface area contributed by atoms with Crippen LogP contribution in [0, 0.1) is 0 Å². The number of fused-ring (bicyclic) bond motifs is 1. The summed E-state index contributed by atoms with van der Waals surface area (Å²) in [6, 6.07) is 13.8. The third kappa shape index (κ3) is 3.78. The summed E-state index contributed by atoms with van der Waals surface area (Å²) in [4.78, 5) is 15.1. The Morgan fingerprint density at radius 1 is 1.07 bits per heavy atom. The molecule has 0 aromatic heterocycles. The van der Waals surface area contributed by atoms with E-state index in [9.17, 15) is 4.79 Å². The zero-order valence-electron chi connectivity index (χ0n) is 15.6. The summed E-state index contributed by atoms with van der Waals surface area (Å²) in [5.74, 6) is 1.66. The molecule has 27 heavy (non-hydrogen) atoms. The van der Waals surface area contributed by atoms with E-state index in [-0.39, 0.29) is 11.9 Å². The molecule has 0 radical (unpaired) electrons. The molecule has 2 heterocycles. The molecule has 0 N–H and O–H groups in total. The Labute approximate surface area is 159 Å². The van der Waals surface area contributed by atoms with Gasteiger partial charge in [-0.05, 0) is 48.2 Å². The van der Waals surface area contributed by atoms with Crippen LogP contribution < -0.4 is 9.47 Å². The summed E-state index contributed by atoms with van der Waals surface area (Å²) < 4.78 is 16.7. The number of hydrogen-bond acceptors (Lipinski definition) is 4. The highest BCUT2D eigenvalue weighted by atomic mass is 16.5. The fourth-order valence-corrected chi connectivity index (χ4v) is 3.82. The molecule has 5 heteroatoms. The number of rotatable bonds is 4. The Morgan fingerprint density at radius 3 is 2.63 bits per heavy atom. The highest BCUT2D eigenvalue weighted by Gasteiger charge is 2.31. The van der Waals surface area contributed by atoms with Crippen LogP contribution in [0.5, 0.6) is 11.5 Å². The molecule has 4 rings (SSSR count). The van der Waals surface area contributed by atoms with Gasteiger partial charge in [0.15, 0.2) is 11.5 Å². The summed E-state index contributed by atoms with van der Waals surface area (Å²) in [5, 5.41) is 0. The Hall–Kier alpha value is -2.53. The Morgan fingerprint density at radius 2 is 1.85 bits per heavy atom. The fourth-order valence-electron chi connectivity index (χ4n) is 3.82. The molecular formula is C22H25NO4. The van der Waals surface area contributed by atoms with E-state index in [1.807, 2.05) is 41.3 Å². The molecule has 142 valence electrons. The van der Waals surface area contributed by atoms with Crippen molar-refractivity contribution in [3.05, 3.63) is 59.2 Å². The molecule has 1 saturated heterocycles. The van der Waals surface area contributed by atoms with E-state index < -0.39 is 0 Å². The molecular weight excluding hydrogens is 342 g/mol. The third-order valence-corrected chi connectivity index (χ3v) is 5.18. The van der Waals surface area contributed by atoms with Gasteiger partial charge in [-0.2, -0.15) is 0 Å². The summed E-state index contributed by atoms with van der Waals surface area (Å²) in [6.45, 7) is 2.67. The van der Waals surface area contributed by atoms with Gasteiger partial charge in [-0.25, -0.2) is 0 Å². The van der Waals surface area contributed by atoms with Crippen molar-refractivity contribution < 1.29 is 19.0 Å². The largest absolute Gasteiger partial charge is 0.490 e. The fraction of sp³-hybridized carbons (Fsp3) is 0.409. The number of carbonyl (C=O) groups excluding carboxylic acids is 1. The average Bonchev–Trinajstić information content (AvgIpc) is 3.07. The first-order valence-corrected chi connectivity index (χ1v) is 9.54. The lowest BCUT2D eigenvalue weighted by Crippen LogP contribution is -2.30. The maximum atomic E-state index is 13.1. The molecule has 0 saturated carbocycles. The number of methoxy groups -OCH3 is 1. The van der Waals surface area contributed by atoms with Gasteiger partial charge in [0.2, 0.25) is 0 Å². The first kappa shape index (κ1) is 17.9. The van der Waals surface area contributed by atoms with E-state index in [0.29, 0.717) is 19.8 Å². The summed E-state index contributed by atoms with van der Waals surface area (Å²) in [5.41, 5.74) is 2.90. The van der Waals surface area contributed by atoms with Crippen molar-refractivity contribution in [3.8, 4) is 11.5 Å². The molecule has 0 aliphatic carbocycles. The topological polar surface area (TPSA) is 48.0 Å². The highest BCUT2D eigenvalue weighted by molar-refractivity contribution is 5.94. The van der Waals surface area contributed by atoms with E-state index in [2.05, 4.69) is 6.07 Å². The predicted octanol–water partition coefficient (Wildman–Crippen LogP) is 3.97. The number of hydrogen-bond donors (Lipinski definition) is 0. The molecule has 0 bridgehead atoms. The van der Waals surface area contributed by atoms with Crippen LogP contribution in [0.3, 0.4) is 0 Å². The summed E-state index contributed by atoms with van der Waals surface area (Å²) in [6.07, 6.45) is 2.86. The highest BCUT2D eigenvalue weighted by Crippen LogP contribution is 2.38. The molecule has 1 atom stereocenters. The average molecular weight is 367 g/mol. The second-order valence-electron chi connectivity index (χ2n) is 7.04. The first-order chi connectivity index (χ1) is 13.3. The van der Waals surface area contributed by atoms with Crippen LogP contribution in [0.25, 0.3) is 0 Å². The molecule has 5 nitrogen and oxygen atoms in total. The molecule has 2 aliphatic rings. The molecule has 1 fully saturated rings. The Kier molecular flexibility index (Phi) is 5.30. The Balaban J connectivity index is 1.55. The number of ether oxygens (including phenoxy) is 3. The molecule has 2 aromatic carbocycles. The molecule has 2 aliphatic heterocycles. The van der Waals surface area contributed by atoms with E-state index in [1.54, 1.807) is 7.11 Å². The number of nitrogens with zero attached hydrogens (tertiary/aromatic N) is 1. The van der Waals surface area contributed by atoms with Crippen molar-refractivity contribution in [2.45, 2.75) is 31.9 Å². The van der Waals surface area contributed by atoms with Gasteiger partial charge in [-0.1, -0.05) is 18.2 Å². The van der Waals surface area contributed by atoms with Crippen LogP contribution in [0.1, 0.15) is 46.8 Å². The van der Waals surface area contributed by atoms with Gasteiger partial charge in [-0.15, -0.1) is 0 Å². The smallest absolute Gasteiger partial charge is 0.254 e. The van der Waals surface area contributed by atoms with Crippen LogP contribution >= 0.6 is 0 Å². The van der Waals surface area contributed by atoms with Crippen LogP contribution in [0.4, 0.5) is 0 Å². The minimum atomic E-state index is 0.0771. The van der Waals surface area contributed by atoms with E-state index in [1.165, 1.54) is 0 Å². The second-order valence-corrected chi connectivity index (χ2v) is 7.04. The van der Waals surface area contributed by atoms with Crippen molar-refractivity contribution in [2.75, 3.05) is 26.9 Å². The maximum absolute atomic E-state index is 13.1. The van der Waals surface area contributed by atoms with E-state index in [4.69, 9.17) is 14.2 Å². The molecule has 1 unspecified atom stereocenters. The van der Waals surface area contributed by atoms with Gasteiger partial charge in [-0.3, -0.25) is 4.79 Å². The van der Waals surface area contributed by atoms with Crippen molar-refractivity contribution in [1.82, 2.24) is 4.90 Å². The van der Waals surface area contributed by atoms with Gasteiger partial charge >= 0.3 is 0 Å². The first-order valence-electron chi connectivity index (χ1n) is 9.54.